The van der Waals surface area contributed by atoms with Gasteiger partial charge in [-0.15, -0.1) is 0 Å². The number of aromatic carboxylic acids is 1. The van der Waals surface area contributed by atoms with Crippen molar-refractivity contribution in [3.63, 3.8) is 0 Å². The molecule has 0 bridgehead atoms. The van der Waals surface area contributed by atoms with Crippen LogP contribution in [0.25, 0.3) is 0 Å². The Hall–Kier alpha value is -2.02. The van der Waals surface area contributed by atoms with Crippen LogP contribution in [-0.4, -0.2) is 25.4 Å². The van der Waals surface area contributed by atoms with E-state index in [2.05, 4.69) is 19.7 Å². The first-order valence-electron chi connectivity index (χ1n) is 5.30. The molecule has 2 heterocycles. The fourth-order valence-corrected chi connectivity index (χ4v) is 2.30. The fraction of sp³-hybridized carbons (Fsp3) is 0.273. The van der Waals surface area contributed by atoms with Crippen LogP contribution in [0.1, 0.15) is 27.6 Å². The standard InChI is InChI=1S/C11H12N4O2S/c1-6-9(11(16)17)10(18-15-6)13-5-8-3-4-12-7(2)14-8/h3-4,13H,5H2,1-2H3,(H,16,17). The second kappa shape index (κ2) is 5.09. The van der Waals surface area contributed by atoms with Gasteiger partial charge in [0.2, 0.25) is 0 Å². The summed E-state index contributed by atoms with van der Waals surface area (Å²) in [7, 11) is 0. The second-order valence-corrected chi connectivity index (χ2v) is 4.50. The van der Waals surface area contributed by atoms with E-state index in [0.717, 1.165) is 17.2 Å². The lowest BCUT2D eigenvalue weighted by Crippen LogP contribution is -2.06. The van der Waals surface area contributed by atoms with Gasteiger partial charge in [-0.05, 0) is 31.4 Å². The van der Waals surface area contributed by atoms with Crippen LogP contribution in [0.2, 0.25) is 0 Å². The molecule has 2 rings (SSSR count). The second-order valence-electron chi connectivity index (χ2n) is 3.73. The molecular formula is C11H12N4O2S. The van der Waals surface area contributed by atoms with E-state index >= 15 is 0 Å². The summed E-state index contributed by atoms with van der Waals surface area (Å²) in [6.45, 7) is 3.94. The predicted molar refractivity (Wildman–Crippen MR) is 67.9 cm³/mol. The van der Waals surface area contributed by atoms with E-state index in [1.807, 2.05) is 6.92 Å². The number of rotatable bonds is 4. The maximum absolute atomic E-state index is 11.1. The van der Waals surface area contributed by atoms with Crippen LogP contribution in [0.5, 0.6) is 0 Å². The van der Waals surface area contributed by atoms with Gasteiger partial charge in [0.1, 0.15) is 16.4 Å². The normalized spacial score (nSPS) is 10.3. The molecule has 18 heavy (non-hydrogen) atoms. The molecular weight excluding hydrogens is 252 g/mol. The molecule has 0 unspecified atom stereocenters. The highest BCUT2D eigenvalue weighted by molar-refractivity contribution is 7.10. The third-order valence-electron chi connectivity index (χ3n) is 2.34. The number of carboxylic acids is 1. The average Bonchev–Trinajstić information content (AvgIpc) is 2.68. The van der Waals surface area contributed by atoms with Crippen molar-refractivity contribution in [2.75, 3.05) is 5.32 Å². The summed E-state index contributed by atoms with van der Waals surface area (Å²) >= 11 is 1.14. The minimum atomic E-state index is -0.970. The van der Waals surface area contributed by atoms with Crippen molar-refractivity contribution in [2.24, 2.45) is 0 Å². The highest BCUT2D eigenvalue weighted by Crippen LogP contribution is 2.24. The van der Waals surface area contributed by atoms with Gasteiger partial charge in [0, 0.05) is 6.20 Å². The van der Waals surface area contributed by atoms with Crippen LogP contribution in [0.3, 0.4) is 0 Å². The lowest BCUT2D eigenvalue weighted by Gasteiger charge is -2.04. The van der Waals surface area contributed by atoms with Gasteiger partial charge < -0.3 is 10.4 Å². The smallest absolute Gasteiger partial charge is 0.340 e. The van der Waals surface area contributed by atoms with Crippen molar-refractivity contribution in [3.05, 3.63) is 35.0 Å². The first-order chi connectivity index (χ1) is 8.58. The van der Waals surface area contributed by atoms with Crippen molar-refractivity contribution in [1.29, 1.82) is 0 Å². The van der Waals surface area contributed by atoms with Gasteiger partial charge in [-0.1, -0.05) is 0 Å². The Morgan fingerprint density at radius 3 is 2.94 bits per heavy atom. The van der Waals surface area contributed by atoms with E-state index < -0.39 is 5.97 Å². The van der Waals surface area contributed by atoms with Gasteiger partial charge in [-0.25, -0.2) is 14.8 Å². The van der Waals surface area contributed by atoms with E-state index in [-0.39, 0.29) is 5.56 Å². The number of carboxylic acid groups (broad SMARTS) is 1. The van der Waals surface area contributed by atoms with Gasteiger partial charge in [-0.2, -0.15) is 4.37 Å². The van der Waals surface area contributed by atoms with Crippen LogP contribution in [0.15, 0.2) is 12.3 Å². The Balaban J connectivity index is 2.13. The van der Waals surface area contributed by atoms with Gasteiger partial charge in [0.05, 0.1) is 17.9 Å². The van der Waals surface area contributed by atoms with Crippen molar-refractivity contribution in [1.82, 2.24) is 14.3 Å². The molecule has 7 heteroatoms. The van der Waals surface area contributed by atoms with Crippen LogP contribution in [0.4, 0.5) is 5.00 Å². The SMILES string of the molecule is Cc1nccc(CNc2snc(C)c2C(=O)O)n1. The number of nitrogens with one attached hydrogen (secondary N) is 1. The van der Waals surface area contributed by atoms with E-state index in [1.54, 1.807) is 19.2 Å². The molecule has 0 fully saturated rings. The minimum absolute atomic E-state index is 0.228. The molecule has 0 aliphatic rings. The number of carbonyl (C=O) groups is 1. The summed E-state index contributed by atoms with van der Waals surface area (Å²) in [5, 5.41) is 12.7. The Morgan fingerprint density at radius 2 is 2.28 bits per heavy atom. The summed E-state index contributed by atoms with van der Waals surface area (Å²) in [5.74, 6) is -0.282. The Bertz CT molecular complexity index is 582. The molecule has 6 nitrogen and oxygen atoms in total. The molecule has 2 N–H and O–H groups in total. The quantitative estimate of drug-likeness (QED) is 0.876. The zero-order valence-electron chi connectivity index (χ0n) is 9.97. The van der Waals surface area contributed by atoms with Crippen molar-refractivity contribution < 1.29 is 9.90 Å². The van der Waals surface area contributed by atoms with E-state index in [9.17, 15) is 4.79 Å². The molecule has 2 aromatic heterocycles. The first-order valence-corrected chi connectivity index (χ1v) is 6.07. The van der Waals surface area contributed by atoms with Crippen LogP contribution < -0.4 is 5.32 Å². The van der Waals surface area contributed by atoms with E-state index in [4.69, 9.17) is 5.11 Å². The van der Waals surface area contributed by atoms with Gasteiger partial charge >= 0.3 is 5.97 Å². The van der Waals surface area contributed by atoms with Gasteiger partial charge in [0.25, 0.3) is 0 Å². The van der Waals surface area contributed by atoms with Crippen LogP contribution in [-0.2, 0) is 6.54 Å². The number of aromatic nitrogens is 3. The zero-order chi connectivity index (χ0) is 13.1. The monoisotopic (exact) mass is 264 g/mol. The lowest BCUT2D eigenvalue weighted by molar-refractivity contribution is 0.0697. The first kappa shape index (κ1) is 12.4. The van der Waals surface area contributed by atoms with Crippen molar-refractivity contribution in [3.8, 4) is 0 Å². The van der Waals surface area contributed by atoms with E-state index in [1.165, 1.54) is 0 Å². The Labute approximate surface area is 108 Å². The molecule has 0 amide bonds. The van der Waals surface area contributed by atoms with E-state index in [0.29, 0.717) is 23.1 Å². The number of anilines is 1. The topological polar surface area (TPSA) is 88.0 Å². The number of hydrogen-bond donors (Lipinski definition) is 2. The third kappa shape index (κ3) is 2.62. The molecule has 0 aromatic carbocycles. The summed E-state index contributed by atoms with van der Waals surface area (Å²) < 4.78 is 4.03. The van der Waals surface area contributed by atoms with Crippen LogP contribution >= 0.6 is 11.5 Å². The molecule has 0 spiro atoms. The maximum atomic E-state index is 11.1. The van der Waals surface area contributed by atoms with Crippen molar-refractivity contribution in [2.45, 2.75) is 20.4 Å². The van der Waals surface area contributed by atoms with Gasteiger partial charge in [0.15, 0.2) is 0 Å². The Kier molecular flexibility index (Phi) is 3.52. The molecule has 0 radical (unpaired) electrons. The number of aryl methyl sites for hydroxylation is 2. The van der Waals surface area contributed by atoms with Gasteiger partial charge in [-0.3, -0.25) is 0 Å². The van der Waals surface area contributed by atoms with Crippen LogP contribution in [0, 0.1) is 13.8 Å². The Morgan fingerprint density at radius 1 is 1.50 bits per heavy atom. The van der Waals surface area contributed by atoms with Crippen molar-refractivity contribution >= 4 is 22.5 Å². The number of hydrogen-bond acceptors (Lipinski definition) is 6. The molecule has 2 aromatic rings. The molecule has 0 saturated carbocycles. The zero-order valence-corrected chi connectivity index (χ0v) is 10.8. The lowest BCUT2D eigenvalue weighted by atomic mass is 10.2. The average molecular weight is 264 g/mol. The molecule has 0 atom stereocenters. The third-order valence-corrected chi connectivity index (χ3v) is 3.24. The maximum Gasteiger partial charge on any atom is 0.340 e. The molecule has 0 saturated heterocycles. The summed E-state index contributed by atoms with van der Waals surface area (Å²) in [4.78, 5) is 19.3. The molecule has 94 valence electrons. The predicted octanol–water partition coefficient (Wildman–Crippen LogP) is 1.86. The summed E-state index contributed by atoms with van der Waals surface area (Å²) in [5.41, 5.74) is 1.56. The fourth-order valence-electron chi connectivity index (χ4n) is 1.52. The highest BCUT2D eigenvalue weighted by atomic mass is 32.1. The molecule has 0 aliphatic heterocycles. The summed E-state index contributed by atoms with van der Waals surface area (Å²) in [6.07, 6.45) is 1.68. The highest BCUT2D eigenvalue weighted by Gasteiger charge is 2.17. The minimum Gasteiger partial charge on any atom is -0.478 e. The summed E-state index contributed by atoms with van der Waals surface area (Å²) in [6, 6.07) is 1.79. The largest absolute Gasteiger partial charge is 0.478 e. The number of nitrogens with zero attached hydrogens (tertiary/aromatic N) is 3. The molecule has 0 aliphatic carbocycles.